The Labute approximate surface area is 120 Å². The third kappa shape index (κ3) is 4.53. The fraction of sp³-hybridized carbons (Fsp3) is 0.562. The van der Waals surface area contributed by atoms with Crippen LogP contribution in [0.15, 0.2) is 24.3 Å². The highest BCUT2D eigenvalue weighted by Gasteiger charge is 2.21. The van der Waals surface area contributed by atoms with Crippen LogP contribution >= 0.6 is 0 Å². The monoisotopic (exact) mass is 277 g/mol. The number of nitrogens with one attached hydrogen (secondary N) is 1. The van der Waals surface area contributed by atoms with E-state index in [0.29, 0.717) is 19.1 Å². The summed E-state index contributed by atoms with van der Waals surface area (Å²) in [6.07, 6.45) is 2.62. The van der Waals surface area contributed by atoms with E-state index in [-0.39, 0.29) is 5.97 Å². The molecule has 1 aromatic carbocycles. The smallest absolute Gasteiger partial charge is 0.347 e. The van der Waals surface area contributed by atoms with Crippen LogP contribution in [0, 0.1) is 0 Å². The summed E-state index contributed by atoms with van der Waals surface area (Å²) in [7, 11) is 0. The maximum absolute atomic E-state index is 11.7. The van der Waals surface area contributed by atoms with Crippen molar-refractivity contribution in [2.75, 3.05) is 6.61 Å². The molecule has 4 heteroatoms. The molecule has 110 valence electrons. The minimum Gasteiger partial charge on any atom is -0.479 e. The van der Waals surface area contributed by atoms with Gasteiger partial charge in [-0.3, -0.25) is 0 Å². The lowest BCUT2D eigenvalue weighted by Gasteiger charge is -2.16. The van der Waals surface area contributed by atoms with Gasteiger partial charge in [-0.2, -0.15) is 0 Å². The van der Waals surface area contributed by atoms with Crippen molar-refractivity contribution in [1.82, 2.24) is 5.32 Å². The molecule has 4 nitrogen and oxygen atoms in total. The SMILES string of the molecule is CCOC(=O)C(CC)Oc1cccc(CNC2CC2)c1. The van der Waals surface area contributed by atoms with Gasteiger partial charge in [0.1, 0.15) is 5.75 Å². The van der Waals surface area contributed by atoms with Crippen molar-refractivity contribution in [3.63, 3.8) is 0 Å². The van der Waals surface area contributed by atoms with Crippen molar-refractivity contribution >= 4 is 5.97 Å². The van der Waals surface area contributed by atoms with Crippen LogP contribution in [-0.2, 0) is 16.1 Å². The van der Waals surface area contributed by atoms with Crippen LogP contribution in [0.3, 0.4) is 0 Å². The molecule has 0 saturated heterocycles. The fourth-order valence-corrected chi connectivity index (χ4v) is 1.98. The number of ether oxygens (including phenoxy) is 2. The summed E-state index contributed by atoms with van der Waals surface area (Å²) in [5, 5.41) is 3.46. The maximum atomic E-state index is 11.7. The average molecular weight is 277 g/mol. The molecule has 2 rings (SSSR count). The molecule has 1 atom stereocenters. The van der Waals surface area contributed by atoms with Crippen molar-refractivity contribution in [3.8, 4) is 5.75 Å². The fourth-order valence-electron chi connectivity index (χ4n) is 1.98. The first-order valence-electron chi connectivity index (χ1n) is 7.38. The van der Waals surface area contributed by atoms with Gasteiger partial charge in [0, 0.05) is 12.6 Å². The molecule has 0 aromatic heterocycles. The Balaban J connectivity index is 1.92. The highest BCUT2D eigenvalue weighted by Crippen LogP contribution is 2.21. The molecule has 0 heterocycles. The third-order valence-corrected chi connectivity index (χ3v) is 3.27. The molecule has 1 aromatic rings. The highest BCUT2D eigenvalue weighted by atomic mass is 16.6. The van der Waals surface area contributed by atoms with Crippen LogP contribution in [-0.4, -0.2) is 24.7 Å². The first kappa shape index (κ1) is 14.9. The van der Waals surface area contributed by atoms with Crippen molar-refractivity contribution < 1.29 is 14.3 Å². The molecule has 1 aliphatic carbocycles. The minimum atomic E-state index is -0.526. The molecule has 1 N–H and O–H groups in total. The van der Waals surface area contributed by atoms with Gasteiger partial charge >= 0.3 is 5.97 Å². The van der Waals surface area contributed by atoms with Gasteiger partial charge < -0.3 is 14.8 Å². The quantitative estimate of drug-likeness (QED) is 0.742. The Bertz CT molecular complexity index is 443. The van der Waals surface area contributed by atoms with Gasteiger partial charge in [-0.1, -0.05) is 19.1 Å². The Morgan fingerprint density at radius 3 is 2.85 bits per heavy atom. The summed E-state index contributed by atoms with van der Waals surface area (Å²) >= 11 is 0. The van der Waals surface area contributed by atoms with Gasteiger partial charge in [0.25, 0.3) is 0 Å². The van der Waals surface area contributed by atoms with E-state index >= 15 is 0 Å². The van der Waals surface area contributed by atoms with E-state index < -0.39 is 6.10 Å². The molecule has 1 aliphatic rings. The lowest BCUT2D eigenvalue weighted by atomic mass is 10.2. The first-order chi connectivity index (χ1) is 9.72. The van der Waals surface area contributed by atoms with E-state index in [1.807, 2.05) is 25.1 Å². The summed E-state index contributed by atoms with van der Waals surface area (Å²) < 4.78 is 10.7. The molecule has 0 aliphatic heterocycles. The summed E-state index contributed by atoms with van der Waals surface area (Å²) in [5.74, 6) is 0.427. The van der Waals surface area contributed by atoms with Gasteiger partial charge in [0.15, 0.2) is 6.10 Å². The number of carbonyl (C=O) groups excluding carboxylic acids is 1. The summed E-state index contributed by atoms with van der Waals surface area (Å²) in [6, 6.07) is 8.56. The van der Waals surface area contributed by atoms with Crippen LogP contribution < -0.4 is 10.1 Å². The van der Waals surface area contributed by atoms with E-state index in [2.05, 4.69) is 11.4 Å². The highest BCUT2D eigenvalue weighted by molar-refractivity contribution is 5.75. The van der Waals surface area contributed by atoms with E-state index in [1.165, 1.54) is 18.4 Å². The third-order valence-electron chi connectivity index (χ3n) is 3.27. The van der Waals surface area contributed by atoms with E-state index in [1.54, 1.807) is 6.92 Å². The lowest BCUT2D eigenvalue weighted by Crippen LogP contribution is -2.28. The molecular formula is C16H23NO3. The van der Waals surface area contributed by atoms with Crippen molar-refractivity contribution in [1.29, 1.82) is 0 Å². The van der Waals surface area contributed by atoms with Crippen molar-refractivity contribution in [2.45, 2.75) is 51.8 Å². The van der Waals surface area contributed by atoms with Gasteiger partial charge in [-0.15, -0.1) is 0 Å². The zero-order chi connectivity index (χ0) is 14.4. The number of carbonyl (C=O) groups is 1. The Morgan fingerprint density at radius 2 is 2.20 bits per heavy atom. The maximum Gasteiger partial charge on any atom is 0.347 e. The second kappa shape index (κ2) is 7.29. The summed E-state index contributed by atoms with van der Waals surface area (Å²) in [6.45, 7) is 4.94. The van der Waals surface area contributed by atoms with Crippen LogP contribution in [0.2, 0.25) is 0 Å². The summed E-state index contributed by atoms with van der Waals surface area (Å²) in [5.41, 5.74) is 1.17. The van der Waals surface area contributed by atoms with Gasteiger partial charge in [-0.25, -0.2) is 4.79 Å². The number of hydrogen-bond donors (Lipinski definition) is 1. The lowest BCUT2D eigenvalue weighted by molar-refractivity contribution is -0.151. The number of hydrogen-bond acceptors (Lipinski definition) is 4. The summed E-state index contributed by atoms with van der Waals surface area (Å²) in [4.78, 5) is 11.7. The number of esters is 1. The second-order valence-electron chi connectivity index (χ2n) is 5.07. The Morgan fingerprint density at radius 1 is 1.40 bits per heavy atom. The zero-order valence-electron chi connectivity index (χ0n) is 12.2. The van der Waals surface area contributed by atoms with Crippen LogP contribution in [0.4, 0.5) is 0 Å². The molecule has 20 heavy (non-hydrogen) atoms. The molecule has 0 radical (unpaired) electrons. The second-order valence-corrected chi connectivity index (χ2v) is 5.07. The molecule has 0 bridgehead atoms. The van der Waals surface area contributed by atoms with Crippen molar-refractivity contribution in [2.24, 2.45) is 0 Å². The minimum absolute atomic E-state index is 0.295. The van der Waals surface area contributed by atoms with Crippen molar-refractivity contribution in [3.05, 3.63) is 29.8 Å². The topological polar surface area (TPSA) is 47.6 Å². The number of rotatable bonds is 8. The van der Waals surface area contributed by atoms with E-state index in [0.717, 1.165) is 12.3 Å². The van der Waals surface area contributed by atoms with Gasteiger partial charge in [0.2, 0.25) is 0 Å². The predicted octanol–water partition coefficient (Wildman–Crippen LogP) is 2.66. The molecule has 0 amide bonds. The standard InChI is InChI=1S/C16H23NO3/c1-3-15(16(18)19-4-2)20-14-7-5-6-12(10-14)11-17-13-8-9-13/h5-7,10,13,15,17H,3-4,8-9,11H2,1-2H3. The van der Waals surface area contributed by atoms with Gasteiger partial charge in [-0.05, 0) is 43.9 Å². The Kier molecular flexibility index (Phi) is 5.41. The van der Waals surface area contributed by atoms with E-state index in [4.69, 9.17) is 9.47 Å². The Hall–Kier alpha value is -1.55. The molecule has 0 spiro atoms. The van der Waals surface area contributed by atoms with Crippen LogP contribution in [0.25, 0.3) is 0 Å². The average Bonchev–Trinajstić information content (AvgIpc) is 3.27. The molecule has 1 unspecified atom stereocenters. The van der Waals surface area contributed by atoms with Crippen LogP contribution in [0.1, 0.15) is 38.7 Å². The predicted molar refractivity (Wildman–Crippen MR) is 77.6 cm³/mol. The normalized spacial score (nSPS) is 15.7. The zero-order valence-corrected chi connectivity index (χ0v) is 12.2. The van der Waals surface area contributed by atoms with E-state index in [9.17, 15) is 4.79 Å². The van der Waals surface area contributed by atoms with Gasteiger partial charge in [0.05, 0.1) is 6.61 Å². The molecular weight excluding hydrogens is 254 g/mol. The first-order valence-corrected chi connectivity index (χ1v) is 7.38. The molecule has 1 saturated carbocycles. The molecule has 1 fully saturated rings. The largest absolute Gasteiger partial charge is 0.479 e. The van der Waals surface area contributed by atoms with Crippen LogP contribution in [0.5, 0.6) is 5.75 Å². The number of benzene rings is 1.